The van der Waals surface area contributed by atoms with Gasteiger partial charge in [-0.25, -0.2) is 28.1 Å². The average Bonchev–Trinajstić information content (AvgIpc) is 3.50. The van der Waals surface area contributed by atoms with E-state index >= 15 is 0 Å². The number of carbonyl (C=O) groups is 2. The molecule has 1 aliphatic carbocycles. The number of nitrogens with one attached hydrogen (secondary N) is 1. The Kier molecular flexibility index (Phi) is 7.31. The molecule has 6 aromatic rings. The van der Waals surface area contributed by atoms with Crippen LogP contribution < -0.4 is 16.6 Å². The van der Waals surface area contributed by atoms with Gasteiger partial charge in [0.2, 0.25) is 0 Å². The standard InChI is InChI=1S/C34H26F2N6O4/c35-22-8-13-30-39-29(18-40(30)17-22)32(44)38-24-9-11-25(12-10-24)42-33(45)28-15-23(36)16-37-31(28)41(34(42)46)26-6-3-5-20(14-26)27-7-2-1-4-21(27)19-43/h1-8,13-19,24-25H,9-12H2,(H,38,44). The summed E-state index contributed by atoms with van der Waals surface area (Å²) in [5.74, 6) is -1.57. The van der Waals surface area contributed by atoms with Crippen molar-refractivity contribution in [1.29, 1.82) is 0 Å². The molecular weight excluding hydrogens is 594 g/mol. The summed E-state index contributed by atoms with van der Waals surface area (Å²) in [6, 6.07) is 17.1. The normalized spacial score (nSPS) is 16.5. The van der Waals surface area contributed by atoms with E-state index in [0.29, 0.717) is 53.7 Å². The fraction of sp³-hybridized carbons (Fsp3) is 0.176. The van der Waals surface area contributed by atoms with E-state index in [-0.39, 0.29) is 22.8 Å². The minimum absolute atomic E-state index is 0.0155. The van der Waals surface area contributed by atoms with Crippen molar-refractivity contribution in [2.75, 3.05) is 0 Å². The molecule has 0 atom stereocenters. The molecule has 1 N–H and O–H groups in total. The van der Waals surface area contributed by atoms with Gasteiger partial charge in [-0.15, -0.1) is 0 Å². The lowest BCUT2D eigenvalue weighted by Gasteiger charge is -2.30. The van der Waals surface area contributed by atoms with Crippen molar-refractivity contribution in [3.63, 3.8) is 0 Å². The highest BCUT2D eigenvalue weighted by Gasteiger charge is 2.28. The first kappa shape index (κ1) is 29.0. The monoisotopic (exact) mass is 620 g/mol. The third kappa shape index (κ3) is 5.17. The smallest absolute Gasteiger partial charge is 0.337 e. The summed E-state index contributed by atoms with van der Waals surface area (Å²) >= 11 is 0. The van der Waals surface area contributed by atoms with Crippen LogP contribution in [0, 0.1) is 11.6 Å². The number of hydrogen-bond donors (Lipinski definition) is 1. The molecule has 46 heavy (non-hydrogen) atoms. The van der Waals surface area contributed by atoms with E-state index in [1.54, 1.807) is 42.5 Å². The van der Waals surface area contributed by atoms with Crippen LogP contribution in [-0.2, 0) is 0 Å². The first-order valence-corrected chi connectivity index (χ1v) is 14.7. The second-order valence-electron chi connectivity index (χ2n) is 11.3. The lowest BCUT2D eigenvalue weighted by atomic mass is 9.90. The molecule has 1 fully saturated rings. The summed E-state index contributed by atoms with van der Waals surface area (Å²) < 4.78 is 31.9. The number of aromatic nitrogens is 5. The number of imidazole rings is 1. The molecule has 0 radical (unpaired) electrons. The Morgan fingerprint density at radius 2 is 1.72 bits per heavy atom. The van der Waals surface area contributed by atoms with E-state index in [1.165, 1.54) is 33.5 Å². The van der Waals surface area contributed by atoms with E-state index in [4.69, 9.17) is 0 Å². The number of pyridine rings is 2. The Labute approximate surface area is 259 Å². The number of aldehydes is 1. The Morgan fingerprint density at radius 1 is 0.913 bits per heavy atom. The molecule has 0 spiro atoms. The number of rotatable bonds is 6. The quantitative estimate of drug-likeness (QED) is 0.266. The molecule has 0 unspecified atom stereocenters. The first-order chi connectivity index (χ1) is 22.3. The number of halogens is 2. The van der Waals surface area contributed by atoms with E-state index in [2.05, 4.69) is 15.3 Å². The molecule has 2 aromatic carbocycles. The van der Waals surface area contributed by atoms with Gasteiger partial charge in [-0.3, -0.25) is 19.0 Å². The second-order valence-corrected chi connectivity index (χ2v) is 11.3. The molecule has 4 heterocycles. The summed E-state index contributed by atoms with van der Waals surface area (Å²) in [6.07, 6.45) is 6.15. The van der Waals surface area contributed by atoms with Crippen molar-refractivity contribution in [3.8, 4) is 16.8 Å². The maximum Gasteiger partial charge on any atom is 0.337 e. The van der Waals surface area contributed by atoms with Gasteiger partial charge in [0.1, 0.15) is 23.0 Å². The zero-order valence-electron chi connectivity index (χ0n) is 24.3. The van der Waals surface area contributed by atoms with Gasteiger partial charge in [0, 0.05) is 30.0 Å². The van der Waals surface area contributed by atoms with Crippen molar-refractivity contribution in [3.05, 3.63) is 129 Å². The zero-order chi connectivity index (χ0) is 31.9. The van der Waals surface area contributed by atoms with E-state index in [1.807, 2.05) is 6.07 Å². The maximum atomic E-state index is 14.4. The van der Waals surface area contributed by atoms with Crippen molar-refractivity contribution >= 4 is 28.9 Å². The molecule has 0 saturated heterocycles. The van der Waals surface area contributed by atoms with Crippen LogP contribution in [0.25, 0.3) is 33.5 Å². The molecule has 7 rings (SSSR count). The van der Waals surface area contributed by atoms with Gasteiger partial charge in [-0.1, -0.05) is 36.4 Å². The van der Waals surface area contributed by atoms with Crippen LogP contribution in [0.1, 0.15) is 52.6 Å². The van der Waals surface area contributed by atoms with Crippen LogP contribution in [0.5, 0.6) is 0 Å². The highest BCUT2D eigenvalue weighted by molar-refractivity contribution is 5.93. The molecule has 1 saturated carbocycles. The molecule has 12 heteroatoms. The summed E-state index contributed by atoms with van der Waals surface area (Å²) in [7, 11) is 0. The minimum Gasteiger partial charge on any atom is -0.348 e. The molecule has 1 amide bonds. The van der Waals surface area contributed by atoms with Crippen LogP contribution in [0.15, 0.2) is 94.9 Å². The Hall–Kier alpha value is -5.78. The van der Waals surface area contributed by atoms with Crippen molar-refractivity contribution < 1.29 is 18.4 Å². The summed E-state index contributed by atoms with van der Waals surface area (Å²) in [6.45, 7) is 0. The predicted octanol–water partition coefficient (Wildman–Crippen LogP) is 4.87. The summed E-state index contributed by atoms with van der Waals surface area (Å²) in [5, 5.41) is 2.91. The number of benzene rings is 2. The molecular formula is C34H26F2N6O4. The Bertz CT molecular complexity index is 2280. The lowest BCUT2D eigenvalue weighted by molar-refractivity contribution is 0.0917. The molecule has 1 aliphatic rings. The Morgan fingerprint density at radius 3 is 2.52 bits per heavy atom. The summed E-state index contributed by atoms with van der Waals surface area (Å²) in [5.41, 5.74) is 1.54. The molecule has 0 aliphatic heterocycles. The number of fused-ring (bicyclic) bond motifs is 2. The fourth-order valence-corrected chi connectivity index (χ4v) is 6.22. The topological polar surface area (TPSA) is 120 Å². The van der Waals surface area contributed by atoms with Gasteiger partial charge in [0.25, 0.3) is 11.5 Å². The minimum atomic E-state index is -0.712. The molecule has 10 nitrogen and oxygen atoms in total. The lowest BCUT2D eigenvalue weighted by Crippen LogP contribution is -2.45. The number of amides is 1. The van der Waals surface area contributed by atoms with Crippen LogP contribution >= 0.6 is 0 Å². The van der Waals surface area contributed by atoms with Gasteiger partial charge in [-0.05, 0) is 67.1 Å². The average molecular weight is 621 g/mol. The number of hydrogen-bond acceptors (Lipinski definition) is 6. The van der Waals surface area contributed by atoms with Crippen molar-refractivity contribution in [2.45, 2.75) is 37.8 Å². The fourth-order valence-electron chi connectivity index (χ4n) is 6.22. The van der Waals surface area contributed by atoms with E-state index < -0.39 is 34.8 Å². The second kappa shape index (κ2) is 11.6. The van der Waals surface area contributed by atoms with Crippen molar-refractivity contribution in [2.24, 2.45) is 0 Å². The Balaban J connectivity index is 1.21. The predicted molar refractivity (Wildman–Crippen MR) is 166 cm³/mol. The maximum absolute atomic E-state index is 14.4. The van der Waals surface area contributed by atoms with Crippen LogP contribution in [-0.4, -0.2) is 41.7 Å². The summed E-state index contributed by atoms with van der Waals surface area (Å²) in [4.78, 5) is 60.9. The first-order valence-electron chi connectivity index (χ1n) is 14.7. The van der Waals surface area contributed by atoms with Gasteiger partial charge in [0.15, 0.2) is 11.9 Å². The number of nitrogens with zero attached hydrogens (tertiary/aromatic N) is 5. The van der Waals surface area contributed by atoms with Gasteiger partial charge < -0.3 is 9.72 Å². The highest BCUT2D eigenvalue weighted by Crippen LogP contribution is 2.29. The molecule has 230 valence electrons. The molecule has 0 bridgehead atoms. The van der Waals surface area contributed by atoms with Gasteiger partial charge >= 0.3 is 5.69 Å². The third-order valence-corrected chi connectivity index (χ3v) is 8.44. The van der Waals surface area contributed by atoms with Crippen LogP contribution in [0.2, 0.25) is 0 Å². The van der Waals surface area contributed by atoms with Gasteiger partial charge in [0.05, 0.1) is 17.3 Å². The third-order valence-electron chi connectivity index (χ3n) is 8.44. The van der Waals surface area contributed by atoms with E-state index in [9.17, 15) is 28.0 Å². The van der Waals surface area contributed by atoms with Gasteiger partial charge in [-0.2, -0.15) is 0 Å². The van der Waals surface area contributed by atoms with Crippen LogP contribution in [0.4, 0.5) is 8.78 Å². The van der Waals surface area contributed by atoms with Crippen LogP contribution in [0.3, 0.4) is 0 Å². The van der Waals surface area contributed by atoms with Crippen molar-refractivity contribution in [1.82, 2.24) is 28.8 Å². The number of carbonyl (C=O) groups excluding carboxylic acids is 2. The zero-order valence-corrected chi connectivity index (χ0v) is 24.3. The largest absolute Gasteiger partial charge is 0.348 e. The molecule has 4 aromatic heterocycles. The SMILES string of the molecule is O=Cc1ccccc1-c1cccc(-n2c(=O)n(C3CCC(NC(=O)c4cn5cc(F)ccc5n4)CC3)c(=O)c3cc(F)cnc32)c1. The van der Waals surface area contributed by atoms with E-state index in [0.717, 1.165) is 23.1 Å². The highest BCUT2D eigenvalue weighted by atomic mass is 19.1.